The fourth-order valence-electron chi connectivity index (χ4n) is 8.32. The molecule has 0 aromatic heterocycles. The van der Waals surface area contributed by atoms with Crippen LogP contribution in [0.3, 0.4) is 0 Å². The van der Waals surface area contributed by atoms with E-state index in [1.54, 1.807) is 0 Å². The van der Waals surface area contributed by atoms with Gasteiger partial charge in [0.1, 0.15) is 5.78 Å². The maximum absolute atomic E-state index is 12.8. The minimum Gasteiger partial charge on any atom is -0.465 e. The smallest absolute Gasteiger partial charge is 0.302 e. The molecule has 4 nitrogen and oxygen atoms in total. The van der Waals surface area contributed by atoms with Crippen LogP contribution in [0.15, 0.2) is 42.5 Å². The molecule has 0 radical (unpaired) electrons. The number of carbonyl (C=O) groups is 2. The second kappa shape index (κ2) is 7.67. The van der Waals surface area contributed by atoms with Crippen molar-refractivity contribution >= 4 is 17.5 Å². The predicted molar refractivity (Wildman–Crippen MR) is 125 cm³/mol. The molecule has 4 saturated carbocycles. The first-order chi connectivity index (χ1) is 15.3. The van der Waals surface area contributed by atoms with Crippen LogP contribution in [0, 0.1) is 39.9 Å². The van der Waals surface area contributed by atoms with Crippen molar-refractivity contribution in [3.8, 4) is 0 Å². The number of hydrogen-bond acceptors (Lipinski definition) is 4. The van der Waals surface area contributed by atoms with Gasteiger partial charge in [0.05, 0.1) is 6.61 Å². The van der Waals surface area contributed by atoms with Crippen LogP contribution in [-0.4, -0.2) is 24.1 Å². The number of hydrogen-bond donors (Lipinski definition) is 1. The Hall–Kier alpha value is -2.23. The average Bonchev–Trinajstić information content (AvgIpc) is 3.08. The molecule has 5 rings (SSSR count). The topological polar surface area (TPSA) is 67.2 Å². The van der Waals surface area contributed by atoms with Gasteiger partial charge in [-0.3, -0.25) is 9.59 Å². The largest absolute Gasteiger partial charge is 0.465 e. The van der Waals surface area contributed by atoms with E-state index in [2.05, 4.69) is 37.8 Å². The highest BCUT2D eigenvalue weighted by Crippen LogP contribution is 2.68. The lowest BCUT2D eigenvalue weighted by molar-refractivity contribution is -0.158. The van der Waals surface area contributed by atoms with Gasteiger partial charge in [-0.05, 0) is 61.8 Å². The molecule has 0 amide bonds. The molecule has 4 heteroatoms. The number of allylic oxidation sites excluding steroid dienone is 1. The van der Waals surface area contributed by atoms with Gasteiger partial charge in [-0.1, -0.05) is 49.4 Å². The standard InChI is InChI=1S/C28H35NO3/c1-17-15-20-21-9-10-24(31)27(21,3)13-11-22(20)28(16-32-18(2)30)14-12-23(29)25(26(17)28)19-7-5-4-6-8-19/h4-8,20-22,25-26,29H,1,9-16H2,2-3H3/t20?,21?,22?,25?,26?,27-,28-/m0/s1. The van der Waals surface area contributed by atoms with E-state index in [-0.39, 0.29) is 28.6 Å². The van der Waals surface area contributed by atoms with E-state index < -0.39 is 0 Å². The Bertz CT molecular complexity index is 968. The van der Waals surface area contributed by atoms with Crippen LogP contribution in [0.1, 0.15) is 70.3 Å². The van der Waals surface area contributed by atoms with Crippen LogP contribution in [0.25, 0.3) is 0 Å². The number of esters is 1. The van der Waals surface area contributed by atoms with Gasteiger partial charge >= 0.3 is 5.97 Å². The van der Waals surface area contributed by atoms with E-state index in [1.165, 1.54) is 18.1 Å². The van der Waals surface area contributed by atoms with Crippen molar-refractivity contribution in [1.29, 1.82) is 5.41 Å². The number of nitrogens with one attached hydrogen (secondary N) is 1. The highest BCUT2D eigenvalue weighted by atomic mass is 16.5. The highest BCUT2D eigenvalue weighted by Gasteiger charge is 2.64. The molecule has 32 heavy (non-hydrogen) atoms. The molecular formula is C28H35NO3. The first kappa shape index (κ1) is 21.6. The molecule has 1 aromatic rings. The Morgan fingerprint density at radius 1 is 1.16 bits per heavy atom. The molecule has 170 valence electrons. The Morgan fingerprint density at radius 2 is 1.91 bits per heavy atom. The monoisotopic (exact) mass is 433 g/mol. The molecule has 0 spiro atoms. The molecule has 0 saturated heterocycles. The fraction of sp³-hybridized carbons (Fsp3) is 0.607. The Kier molecular flexibility index (Phi) is 5.18. The van der Waals surface area contributed by atoms with Crippen LogP contribution >= 0.6 is 0 Å². The molecule has 0 aliphatic heterocycles. The van der Waals surface area contributed by atoms with Crippen molar-refractivity contribution in [2.45, 2.75) is 64.7 Å². The summed E-state index contributed by atoms with van der Waals surface area (Å²) in [6.07, 6.45) is 6.15. The van der Waals surface area contributed by atoms with E-state index in [4.69, 9.17) is 10.1 Å². The predicted octanol–water partition coefficient (Wildman–Crippen LogP) is 5.72. The number of rotatable bonds is 3. The summed E-state index contributed by atoms with van der Waals surface area (Å²) in [5.74, 6) is 1.52. The SMILES string of the molecule is C=C1CC2C(CC[C@]3(C)C(=O)CCC23)[C@@]2(COC(C)=O)CCC(=N)C(c3ccccc3)C12. The maximum atomic E-state index is 12.8. The molecule has 0 bridgehead atoms. The summed E-state index contributed by atoms with van der Waals surface area (Å²) in [4.78, 5) is 24.8. The summed E-state index contributed by atoms with van der Waals surface area (Å²) >= 11 is 0. The first-order valence-electron chi connectivity index (χ1n) is 12.2. The Labute approximate surface area is 191 Å². The van der Waals surface area contributed by atoms with Gasteiger partial charge in [0, 0.05) is 41.7 Å². The van der Waals surface area contributed by atoms with Gasteiger partial charge in [0.15, 0.2) is 0 Å². The van der Waals surface area contributed by atoms with Crippen molar-refractivity contribution in [2.75, 3.05) is 6.61 Å². The summed E-state index contributed by atoms with van der Waals surface area (Å²) in [5, 5.41) is 8.91. The molecule has 1 aromatic carbocycles. The number of ketones is 1. The van der Waals surface area contributed by atoms with Crippen LogP contribution in [0.2, 0.25) is 0 Å². The van der Waals surface area contributed by atoms with Gasteiger partial charge in [-0.15, -0.1) is 0 Å². The molecule has 0 heterocycles. The van der Waals surface area contributed by atoms with Crippen molar-refractivity contribution < 1.29 is 14.3 Å². The van der Waals surface area contributed by atoms with E-state index in [1.807, 2.05) is 6.07 Å². The lowest BCUT2D eigenvalue weighted by atomic mass is 9.42. The lowest BCUT2D eigenvalue weighted by Gasteiger charge is -2.62. The van der Waals surface area contributed by atoms with Gasteiger partial charge in [0.25, 0.3) is 0 Å². The average molecular weight is 434 g/mol. The zero-order valence-electron chi connectivity index (χ0n) is 19.4. The van der Waals surface area contributed by atoms with Crippen molar-refractivity contribution in [3.05, 3.63) is 48.0 Å². The second-order valence-corrected chi connectivity index (χ2v) is 11.1. The summed E-state index contributed by atoms with van der Waals surface area (Å²) in [7, 11) is 0. The van der Waals surface area contributed by atoms with Crippen molar-refractivity contribution in [1.82, 2.24) is 0 Å². The molecule has 4 aliphatic carbocycles. The molecule has 7 atom stereocenters. The van der Waals surface area contributed by atoms with E-state index in [0.717, 1.165) is 44.2 Å². The van der Waals surface area contributed by atoms with Crippen molar-refractivity contribution in [2.24, 2.45) is 34.5 Å². The molecule has 1 N–H and O–H groups in total. The van der Waals surface area contributed by atoms with Gasteiger partial charge in [-0.2, -0.15) is 0 Å². The minimum absolute atomic E-state index is 0.00696. The van der Waals surface area contributed by atoms with E-state index in [9.17, 15) is 9.59 Å². The van der Waals surface area contributed by atoms with E-state index in [0.29, 0.717) is 36.6 Å². The van der Waals surface area contributed by atoms with E-state index >= 15 is 0 Å². The van der Waals surface area contributed by atoms with Crippen LogP contribution < -0.4 is 0 Å². The lowest BCUT2D eigenvalue weighted by Crippen LogP contribution is -2.59. The number of benzene rings is 1. The summed E-state index contributed by atoms with van der Waals surface area (Å²) < 4.78 is 5.80. The summed E-state index contributed by atoms with van der Waals surface area (Å²) in [5.41, 5.74) is 2.74. The van der Waals surface area contributed by atoms with Crippen molar-refractivity contribution in [3.63, 3.8) is 0 Å². The minimum atomic E-state index is -0.237. The quantitative estimate of drug-likeness (QED) is 0.490. The third kappa shape index (κ3) is 3.05. The molecule has 4 aliphatic rings. The third-order valence-corrected chi connectivity index (χ3v) is 9.71. The first-order valence-corrected chi connectivity index (χ1v) is 12.2. The number of ether oxygens (including phenoxy) is 1. The Morgan fingerprint density at radius 3 is 2.62 bits per heavy atom. The van der Waals surface area contributed by atoms with Crippen LogP contribution in [-0.2, 0) is 14.3 Å². The number of fused-ring (bicyclic) bond motifs is 5. The zero-order valence-corrected chi connectivity index (χ0v) is 19.4. The molecule has 5 unspecified atom stereocenters. The second-order valence-electron chi connectivity index (χ2n) is 11.1. The fourth-order valence-corrected chi connectivity index (χ4v) is 8.32. The zero-order chi connectivity index (χ0) is 22.7. The number of Topliss-reactive ketones (excluding diaryl/α,β-unsaturated/α-hetero) is 1. The summed E-state index contributed by atoms with van der Waals surface area (Å²) in [6, 6.07) is 10.4. The normalized spacial score (nSPS) is 40.9. The molecule has 4 fully saturated rings. The summed E-state index contributed by atoms with van der Waals surface area (Å²) in [6.45, 7) is 8.70. The third-order valence-electron chi connectivity index (χ3n) is 9.71. The van der Waals surface area contributed by atoms with Crippen LogP contribution in [0.5, 0.6) is 0 Å². The van der Waals surface area contributed by atoms with Crippen LogP contribution in [0.4, 0.5) is 0 Å². The highest BCUT2D eigenvalue weighted by molar-refractivity contribution is 5.90. The number of carbonyl (C=O) groups excluding carboxylic acids is 2. The van der Waals surface area contributed by atoms with Gasteiger partial charge in [0.2, 0.25) is 0 Å². The maximum Gasteiger partial charge on any atom is 0.302 e. The molecular weight excluding hydrogens is 398 g/mol. The van der Waals surface area contributed by atoms with Gasteiger partial charge in [-0.25, -0.2) is 0 Å². The Balaban J connectivity index is 1.60. The van der Waals surface area contributed by atoms with Gasteiger partial charge < -0.3 is 10.1 Å².